The summed E-state index contributed by atoms with van der Waals surface area (Å²) in [5, 5.41) is 11.7. The first-order valence-electron chi connectivity index (χ1n) is 4.61. The molecule has 0 saturated heterocycles. The van der Waals surface area contributed by atoms with Crippen LogP contribution in [0.25, 0.3) is 0 Å². The van der Waals surface area contributed by atoms with Gasteiger partial charge in [-0.15, -0.1) is 11.3 Å². The topological polar surface area (TPSA) is 76.0 Å². The summed E-state index contributed by atoms with van der Waals surface area (Å²) in [7, 11) is 0. The third-order valence-electron chi connectivity index (χ3n) is 1.93. The third-order valence-corrected chi connectivity index (χ3v) is 2.75. The van der Waals surface area contributed by atoms with Crippen LogP contribution in [-0.2, 0) is 6.42 Å². The summed E-state index contributed by atoms with van der Waals surface area (Å²) in [6, 6.07) is 1.37. The van der Waals surface area contributed by atoms with Gasteiger partial charge in [0.1, 0.15) is 5.82 Å². The van der Waals surface area contributed by atoms with E-state index in [-0.39, 0.29) is 5.69 Å². The number of carbonyl (C=O) groups is 1. The normalized spacial score (nSPS) is 10.3. The van der Waals surface area contributed by atoms with Gasteiger partial charge in [0.25, 0.3) is 0 Å². The lowest BCUT2D eigenvalue weighted by molar-refractivity contribution is 0.0690. The number of hydrogen-bond donors (Lipinski definition) is 1. The van der Waals surface area contributed by atoms with Gasteiger partial charge >= 0.3 is 5.97 Å². The van der Waals surface area contributed by atoms with Gasteiger partial charge in [-0.3, -0.25) is 0 Å². The third kappa shape index (κ3) is 2.40. The zero-order valence-corrected chi connectivity index (χ0v) is 9.36. The zero-order chi connectivity index (χ0) is 11.5. The monoisotopic (exact) mass is 235 g/mol. The molecule has 5 nitrogen and oxygen atoms in total. The molecule has 0 aliphatic carbocycles. The van der Waals surface area contributed by atoms with Crippen LogP contribution in [0.3, 0.4) is 0 Å². The van der Waals surface area contributed by atoms with Crippen LogP contribution < -0.4 is 0 Å². The van der Waals surface area contributed by atoms with Crippen LogP contribution >= 0.6 is 11.3 Å². The van der Waals surface area contributed by atoms with Crippen LogP contribution in [0.5, 0.6) is 0 Å². The van der Waals surface area contributed by atoms with E-state index >= 15 is 0 Å². The SMILES string of the molecule is Cc1nc(Cc2nccc(C(=O)O)n2)cs1. The maximum atomic E-state index is 10.7. The Bertz CT molecular complexity index is 524. The molecule has 0 aromatic carbocycles. The summed E-state index contributed by atoms with van der Waals surface area (Å²) in [6.07, 6.45) is 1.91. The first kappa shape index (κ1) is 10.7. The molecule has 0 saturated carbocycles. The van der Waals surface area contributed by atoms with Crippen molar-refractivity contribution < 1.29 is 9.90 Å². The molecule has 0 unspecified atom stereocenters. The number of nitrogens with zero attached hydrogens (tertiary/aromatic N) is 3. The lowest BCUT2D eigenvalue weighted by Crippen LogP contribution is -2.05. The molecule has 0 atom stereocenters. The molecule has 2 rings (SSSR count). The second-order valence-electron chi connectivity index (χ2n) is 3.20. The molecule has 0 radical (unpaired) electrons. The molecule has 0 aliphatic rings. The van der Waals surface area contributed by atoms with Gasteiger partial charge in [0.2, 0.25) is 0 Å². The second-order valence-corrected chi connectivity index (χ2v) is 4.26. The molecule has 82 valence electrons. The minimum Gasteiger partial charge on any atom is -0.477 e. The quantitative estimate of drug-likeness (QED) is 0.873. The van der Waals surface area contributed by atoms with Gasteiger partial charge in [-0.25, -0.2) is 19.7 Å². The van der Waals surface area contributed by atoms with Crippen LogP contribution in [0.15, 0.2) is 17.6 Å². The smallest absolute Gasteiger partial charge is 0.354 e. The molecular formula is C10H9N3O2S. The first-order chi connectivity index (χ1) is 7.65. The standard InChI is InChI=1S/C10H9N3O2S/c1-6-12-7(5-16-6)4-9-11-3-2-8(13-9)10(14)15/h2-3,5H,4H2,1H3,(H,14,15). The molecule has 1 N–H and O–H groups in total. The highest BCUT2D eigenvalue weighted by atomic mass is 32.1. The Morgan fingerprint density at radius 3 is 2.94 bits per heavy atom. The van der Waals surface area contributed by atoms with Gasteiger partial charge in [-0.05, 0) is 13.0 Å². The van der Waals surface area contributed by atoms with Crippen LogP contribution in [0.4, 0.5) is 0 Å². The molecule has 0 aliphatic heterocycles. The minimum absolute atomic E-state index is 0.0111. The average Bonchev–Trinajstić information content (AvgIpc) is 2.64. The zero-order valence-electron chi connectivity index (χ0n) is 8.54. The van der Waals surface area contributed by atoms with Crippen molar-refractivity contribution in [3.05, 3.63) is 39.9 Å². The second kappa shape index (κ2) is 4.36. The van der Waals surface area contributed by atoms with Crippen molar-refractivity contribution in [3.8, 4) is 0 Å². The summed E-state index contributed by atoms with van der Waals surface area (Å²) in [6.45, 7) is 1.92. The number of rotatable bonds is 3. The first-order valence-corrected chi connectivity index (χ1v) is 5.49. The summed E-state index contributed by atoms with van der Waals surface area (Å²) < 4.78 is 0. The van der Waals surface area contributed by atoms with Crippen LogP contribution in [0.1, 0.15) is 27.0 Å². The van der Waals surface area contributed by atoms with E-state index in [9.17, 15) is 4.79 Å². The molecule has 0 amide bonds. The number of aryl methyl sites for hydroxylation is 1. The van der Waals surface area contributed by atoms with E-state index in [1.165, 1.54) is 12.3 Å². The van der Waals surface area contributed by atoms with E-state index in [0.717, 1.165) is 10.7 Å². The predicted molar refractivity (Wildman–Crippen MR) is 58.6 cm³/mol. The predicted octanol–water partition coefficient (Wildman–Crippen LogP) is 1.53. The molecular weight excluding hydrogens is 226 g/mol. The van der Waals surface area contributed by atoms with Crippen molar-refractivity contribution in [2.75, 3.05) is 0 Å². The lowest BCUT2D eigenvalue weighted by Gasteiger charge is -1.98. The number of carboxylic acids is 1. The van der Waals surface area contributed by atoms with Gasteiger partial charge in [-0.1, -0.05) is 0 Å². The van der Waals surface area contributed by atoms with Crippen LogP contribution in [0.2, 0.25) is 0 Å². The maximum Gasteiger partial charge on any atom is 0.354 e. The van der Waals surface area contributed by atoms with Gasteiger partial charge < -0.3 is 5.11 Å². The summed E-state index contributed by atoms with van der Waals surface area (Å²) in [4.78, 5) is 22.9. The number of aromatic carboxylic acids is 1. The molecule has 16 heavy (non-hydrogen) atoms. The van der Waals surface area contributed by atoms with Crippen molar-refractivity contribution in [3.63, 3.8) is 0 Å². The molecule has 2 aromatic heterocycles. The van der Waals surface area contributed by atoms with E-state index in [1.807, 2.05) is 12.3 Å². The molecule has 2 heterocycles. The van der Waals surface area contributed by atoms with E-state index in [2.05, 4.69) is 15.0 Å². The lowest BCUT2D eigenvalue weighted by atomic mass is 10.3. The number of hydrogen-bond acceptors (Lipinski definition) is 5. The average molecular weight is 235 g/mol. The Hall–Kier alpha value is -1.82. The Balaban J connectivity index is 2.21. The Labute approximate surface area is 95.8 Å². The van der Waals surface area contributed by atoms with Crippen LogP contribution in [0, 0.1) is 6.92 Å². The van der Waals surface area contributed by atoms with Crippen LogP contribution in [-0.4, -0.2) is 26.0 Å². The van der Waals surface area contributed by atoms with E-state index in [0.29, 0.717) is 12.2 Å². The molecule has 0 fully saturated rings. The van der Waals surface area contributed by atoms with Gasteiger partial charge in [0.15, 0.2) is 5.69 Å². The fourth-order valence-corrected chi connectivity index (χ4v) is 1.87. The summed E-state index contributed by atoms with van der Waals surface area (Å²) >= 11 is 1.55. The van der Waals surface area contributed by atoms with E-state index < -0.39 is 5.97 Å². The highest BCUT2D eigenvalue weighted by molar-refractivity contribution is 7.09. The van der Waals surface area contributed by atoms with E-state index in [1.54, 1.807) is 11.3 Å². The van der Waals surface area contributed by atoms with Gasteiger partial charge in [0.05, 0.1) is 17.1 Å². The van der Waals surface area contributed by atoms with E-state index in [4.69, 9.17) is 5.11 Å². The van der Waals surface area contributed by atoms with Crippen molar-refractivity contribution >= 4 is 17.3 Å². The maximum absolute atomic E-state index is 10.7. The molecule has 2 aromatic rings. The fourth-order valence-electron chi connectivity index (χ4n) is 1.25. The Morgan fingerprint density at radius 1 is 1.50 bits per heavy atom. The van der Waals surface area contributed by atoms with Crippen molar-refractivity contribution in [1.82, 2.24) is 15.0 Å². The molecule has 0 spiro atoms. The number of aromatic nitrogens is 3. The number of carboxylic acid groups (broad SMARTS) is 1. The molecule has 6 heteroatoms. The highest BCUT2D eigenvalue weighted by Gasteiger charge is 2.07. The summed E-state index contributed by atoms with van der Waals surface area (Å²) in [5.74, 6) is -0.566. The largest absolute Gasteiger partial charge is 0.477 e. The van der Waals surface area contributed by atoms with Gasteiger partial charge in [0, 0.05) is 11.6 Å². The van der Waals surface area contributed by atoms with Crippen molar-refractivity contribution in [1.29, 1.82) is 0 Å². The van der Waals surface area contributed by atoms with Crippen molar-refractivity contribution in [2.24, 2.45) is 0 Å². The Morgan fingerprint density at radius 2 is 2.31 bits per heavy atom. The Kier molecular flexibility index (Phi) is 2.91. The highest BCUT2D eigenvalue weighted by Crippen LogP contribution is 2.10. The van der Waals surface area contributed by atoms with Crippen molar-refractivity contribution in [2.45, 2.75) is 13.3 Å². The summed E-state index contributed by atoms with van der Waals surface area (Å²) in [5.41, 5.74) is 0.877. The van der Waals surface area contributed by atoms with Gasteiger partial charge in [-0.2, -0.15) is 0 Å². The fraction of sp³-hybridized carbons (Fsp3) is 0.200. The molecule has 0 bridgehead atoms. The minimum atomic E-state index is -1.04. The number of thiazole rings is 1.